The van der Waals surface area contributed by atoms with E-state index in [1.165, 1.54) is 29.1 Å². The van der Waals surface area contributed by atoms with E-state index in [9.17, 15) is 13.2 Å². The molecule has 0 bridgehead atoms. The van der Waals surface area contributed by atoms with E-state index in [1.807, 2.05) is 0 Å². The zero-order valence-corrected chi connectivity index (χ0v) is 19.0. The van der Waals surface area contributed by atoms with Gasteiger partial charge >= 0.3 is 6.18 Å². The summed E-state index contributed by atoms with van der Waals surface area (Å²) < 4.78 is 38.7. The number of anilines is 1. The van der Waals surface area contributed by atoms with Crippen molar-refractivity contribution in [3.63, 3.8) is 0 Å². The third-order valence-electron chi connectivity index (χ3n) is 7.66. The smallest absolute Gasteiger partial charge is 0.355 e. The number of alkyl halides is 3. The summed E-state index contributed by atoms with van der Waals surface area (Å²) in [6.45, 7) is 6.89. The highest BCUT2D eigenvalue weighted by atomic mass is 19.4. The first-order chi connectivity index (χ1) is 16.4. The number of halogens is 3. The van der Waals surface area contributed by atoms with Crippen LogP contribution in [0.15, 0.2) is 42.7 Å². The number of aromatic nitrogens is 2. The van der Waals surface area contributed by atoms with Crippen molar-refractivity contribution in [3.05, 3.63) is 65.0 Å². The molecule has 3 aliphatic rings. The van der Waals surface area contributed by atoms with E-state index in [0.717, 1.165) is 64.5 Å². The van der Waals surface area contributed by atoms with Gasteiger partial charge in [0.15, 0.2) is 0 Å². The van der Waals surface area contributed by atoms with E-state index in [-0.39, 0.29) is 11.0 Å². The Morgan fingerprint density at radius 1 is 0.912 bits per heavy atom. The molecule has 6 rings (SSSR count). The molecule has 0 atom stereocenters. The quantitative estimate of drug-likeness (QED) is 0.615. The lowest BCUT2D eigenvalue weighted by Gasteiger charge is -2.54. The van der Waals surface area contributed by atoms with Crippen molar-refractivity contribution in [2.45, 2.75) is 45.1 Å². The second-order valence-corrected chi connectivity index (χ2v) is 10.2. The second-order valence-electron chi connectivity index (χ2n) is 10.2. The Kier molecular flexibility index (Phi) is 5.26. The number of likely N-dealkylation sites (tertiary alicyclic amines) is 1. The number of fused-ring (bicyclic) bond motifs is 2. The van der Waals surface area contributed by atoms with Gasteiger partial charge in [0.05, 0.1) is 11.9 Å². The normalized spacial score (nSPS) is 20.0. The maximum absolute atomic E-state index is 12.9. The molecule has 2 saturated heterocycles. The van der Waals surface area contributed by atoms with Crippen molar-refractivity contribution in [1.29, 1.82) is 0 Å². The number of rotatable bonds is 4. The summed E-state index contributed by atoms with van der Waals surface area (Å²) in [5.74, 6) is 0.758. The zero-order valence-electron chi connectivity index (χ0n) is 19.0. The van der Waals surface area contributed by atoms with Crippen LogP contribution >= 0.6 is 0 Å². The first-order valence-electron chi connectivity index (χ1n) is 12.0. The van der Waals surface area contributed by atoms with Crippen LogP contribution < -0.4 is 10.2 Å². The molecule has 5 nitrogen and oxygen atoms in total. The average molecular weight is 468 g/mol. The lowest BCUT2D eigenvalue weighted by molar-refractivity contribution is -0.127. The Hall–Kier alpha value is -2.71. The molecule has 34 heavy (non-hydrogen) atoms. The van der Waals surface area contributed by atoms with Crippen molar-refractivity contribution in [2.24, 2.45) is 5.41 Å². The van der Waals surface area contributed by atoms with Crippen LogP contribution in [0.5, 0.6) is 0 Å². The van der Waals surface area contributed by atoms with Gasteiger partial charge in [-0.2, -0.15) is 13.2 Å². The lowest BCUT2D eigenvalue weighted by atomic mass is 9.72. The summed E-state index contributed by atoms with van der Waals surface area (Å²) >= 11 is 0. The first kappa shape index (κ1) is 21.8. The Labute approximate surface area is 197 Å². The molecule has 0 radical (unpaired) electrons. The highest BCUT2D eigenvalue weighted by Crippen LogP contribution is 2.43. The number of piperidine rings is 1. The molecule has 4 heterocycles. The van der Waals surface area contributed by atoms with Crippen LogP contribution in [-0.2, 0) is 26.1 Å². The highest BCUT2D eigenvalue weighted by Gasteiger charge is 2.45. The van der Waals surface area contributed by atoms with Crippen LogP contribution in [0.25, 0.3) is 10.9 Å². The number of benzene rings is 2. The topological polar surface area (TPSA) is 44.3 Å². The molecule has 0 saturated carbocycles. The number of hydrogen-bond donors (Lipinski definition) is 1. The van der Waals surface area contributed by atoms with Gasteiger partial charge in [-0.15, -0.1) is 0 Å². The van der Waals surface area contributed by atoms with Gasteiger partial charge in [-0.05, 0) is 60.3 Å². The molecular weight excluding hydrogens is 439 g/mol. The molecule has 1 aromatic heterocycles. The molecule has 3 aliphatic heterocycles. The molecule has 2 aromatic carbocycles. The number of nitrogens with zero attached hydrogens (tertiary/aromatic N) is 4. The third-order valence-corrected chi connectivity index (χ3v) is 7.66. The van der Waals surface area contributed by atoms with E-state index in [1.54, 1.807) is 12.1 Å². The SMILES string of the molecule is FC(F)(F)Cc1ccc2ncnc(N3CC4(CCN(Cc5ccc6c(c5)CNC6)CC4)C3)c2c1. The zero-order chi connectivity index (χ0) is 23.3. The molecular formula is C26H28F3N5. The number of nitrogens with one attached hydrogen (secondary N) is 1. The summed E-state index contributed by atoms with van der Waals surface area (Å²) in [6.07, 6.45) is -1.37. The molecule has 3 aromatic rings. The fraction of sp³-hybridized carbons (Fsp3) is 0.462. The van der Waals surface area contributed by atoms with E-state index in [2.05, 4.69) is 43.3 Å². The van der Waals surface area contributed by atoms with Gasteiger partial charge in [-0.3, -0.25) is 4.90 Å². The highest BCUT2D eigenvalue weighted by molar-refractivity contribution is 5.90. The molecule has 2 fully saturated rings. The van der Waals surface area contributed by atoms with Crippen molar-refractivity contribution >= 4 is 16.7 Å². The Balaban J connectivity index is 1.10. The van der Waals surface area contributed by atoms with Gasteiger partial charge < -0.3 is 10.2 Å². The van der Waals surface area contributed by atoms with Crippen molar-refractivity contribution < 1.29 is 13.2 Å². The average Bonchev–Trinajstić information content (AvgIpc) is 3.25. The van der Waals surface area contributed by atoms with Crippen LogP contribution in [0.2, 0.25) is 0 Å². The fourth-order valence-corrected chi connectivity index (χ4v) is 5.80. The van der Waals surface area contributed by atoms with Crippen molar-refractivity contribution in [2.75, 3.05) is 31.1 Å². The van der Waals surface area contributed by atoms with Gasteiger partial charge in [-0.25, -0.2) is 9.97 Å². The summed E-state index contributed by atoms with van der Waals surface area (Å²) in [4.78, 5) is 13.5. The minimum Gasteiger partial charge on any atom is -0.355 e. The van der Waals surface area contributed by atoms with Crippen molar-refractivity contribution in [1.82, 2.24) is 20.2 Å². The largest absolute Gasteiger partial charge is 0.393 e. The van der Waals surface area contributed by atoms with Gasteiger partial charge in [0.2, 0.25) is 0 Å². The van der Waals surface area contributed by atoms with Gasteiger partial charge in [-0.1, -0.05) is 24.3 Å². The van der Waals surface area contributed by atoms with E-state index < -0.39 is 12.6 Å². The predicted octanol–water partition coefficient (Wildman–Crippen LogP) is 4.44. The third kappa shape index (κ3) is 4.25. The van der Waals surface area contributed by atoms with Crippen LogP contribution in [-0.4, -0.2) is 47.2 Å². The fourth-order valence-electron chi connectivity index (χ4n) is 5.80. The van der Waals surface area contributed by atoms with Crippen molar-refractivity contribution in [3.8, 4) is 0 Å². The lowest BCUT2D eigenvalue weighted by Crippen LogP contribution is -2.60. The van der Waals surface area contributed by atoms with Gasteiger partial charge in [0, 0.05) is 43.5 Å². The molecule has 0 aliphatic carbocycles. The minimum absolute atomic E-state index is 0.252. The molecule has 1 N–H and O–H groups in total. The molecule has 0 amide bonds. The summed E-state index contributed by atoms with van der Waals surface area (Å²) in [6, 6.07) is 11.7. The van der Waals surface area contributed by atoms with E-state index in [0.29, 0.717) is 10.9 Å². The minimum atomic E-state index is -4.23. The maximum Gasteiger partial charge on any atom is 0.393 e. The Bertz CT molecular complexity index is 1210. The molecule has 8 heteroatoms. The van der Waals surface area contributed by atoms with E-state index in [4.69, 9.17) is 0 Å². The molecule has 0 unspecified atom stereocenters. The molecule has 178 valence electrons. The summed E-state index contributed by atoms with van der Waals surface area (Å²) in [5.41, 5.74) is 5.45. The van der Waals surface area contributed by atoms with Gasteiger partial charge in [0.1, 0.15) is 12.1 Å². The van der Waals surface area contributed by atoms with Crippen LogP contribution in [0, 0.1) is 5.41 Å². The Morgan fingerprint density at radius 2 is 1.68 bits per heavy atom. The summed E-state index contributed by atoms with van der Waals surface area (Å²) in [7, 11) is 0. The monoisotopic (exact) mass is 467 g/mol. The van der Waals surface area contributed by atoms with Crippen LogP contribution in [0.1, 0.15) is 35.1 Å². The van der Waals surface area contributed by atoms with Gasteiger partial charge in [0.25, 0.3) is 0 Å². The van der Waals surface area contributed by atoms with Crippen LogP contribution in [0.3, 0.4) is 0 Å². The Morgan fingerprint density at radius 3 is 2.47 bits per heavy atom. The first-order valence-corrected chi connectivity index (χ1v) is 12.0. The summed E-state index contributed by atoms with van der Waals surface area (Å²) in [5, 5.41) is 4.12. The second kappa shape index (κ2) is 8.20. The molecule has 1 spiro atoms. The predicted molar refractivity (Wildman–Crippen MR) is 125 cm³/mol. The maximum atomic E-state index is 12.9. The number of hydrogen-bond acceptors (Lipinski definition) is 5. The van der Waals surface area contributed by atoms with Crippen LogP contribution in [0.4, 0.5) is 19.0 Å². The van der Waals surface area contributed by atoms with E-state index >= 15 is 0 Å². The standard InChI is InChI=1S/C26H28F3N5/c27-26(28,29)11-18-2-4-23-22(10-18)24(32-17-31-23)34-15-25(16-34)5-7-33(8-6-25)14-19-1-3-20-12-30-13-21(20)9-19/h1-4,9-10,17,30H,5-8,11-16H2.